The fourth-order valence-electron chi connectivity index (χ4n) is 1.85. The van der Waals surface area contributed by atoms with Crippen molar-refractivity contribution in [3.8, 4) is 5.75 Å². The highest BCUT2D eigenvalue weighted by Gasteiger charge is 2.33. The molecule has 0 aliphatic carbocycles. The summed E-state index contributed by atoms with van der Waals surface area (Å²) in [6, 6.07) is 7.57. The summed E-state index contributed by atoms with van der Waals surface area (Å²) in [6.45, 7) is 1.72. The molecular weight excluding hydrogens is 365 g/mol. The van der Waals surface area contributed by atoms with Gasteiger partial charge in [-0.3, -0.25) is 14.8 Å². The second kappa shape index (κ2) is 6.59. The Morgan fingerprint density at radius 1 is 1.12 bits per heavy atom. The summed E-state index contributed by atoms with van der Waals surface area (Å²) in [7, 11) is -4.27. The van der Waals surface area contributed by atoms with Crippen molar-refractivity contribution in [3.05, 3.63) is 58.1 Å². The summed E-state index contributed by atoms with van der Waals surface area (Å²) in [5.74, 6) is -0.909. The van der Waals surface area contributed by atoms with Crippen LogP contribution in [0.15, 0.2) is 47.4 Å². The SMILES string of the molecule is Cc1ccc(S(=O)(=O)Nc2cc([N+](=O)[O-])ccc2OC(F)(F)F)cc1. The molecule has 0 aliphatic rings. The summed E-state index contributed by atoms with van der Waals surface area (Å²) in [4.78, 5) is 9.69. The lowest BCUT2D eigenvalue weighted by atomic mass is 10.2. The van der Waals surface area contributed by atoms with Crippen LogP contribution in [0.3, 0.4) is 0 Å². The molecule has 0 bridgehead atoms. The Balaban J connectivity index is 2.46. The molecule has 0 spiro atoms. The minimum atomic E-state index is -5.10. The van der Waals surface area contributed by atoms with Crippen molar-refractivity contribution in [3.63, 3.8) is 0 Å². The van der Waals surface area contributed by atoms with Crippen LogP contribution in [-0.2, 0) is 10.0 Å². The molecule has 1 N–H and O–H groups in total. The van der Waals surface area contributed by atoms with Crippen LogP contribution < -0.4 is 9.46 Å². The van der Waals surface area contributed by atoms with Crippen LogP contribution in [0.2, 0.25) is 0 Å². The highest BCUT2D eigenvalue weighted by atomic mass is 32.2. The topological polar surface area (TPSA) is 98.5 Å². The number of hydrogen-bond donors (Lipinski definition) is 1. The number of nitrogens with one attached hydrogen (secondary N) is 1. The molecule has 0 amide bonds. The Labute approximate surface area is 140 Å². The van der Waals surface area contributed by atoms with E-state index in [2.05, 4.69) is 4.74 Å². The molecular formula is C14H11F3N2O5S. The lowest BCUT2D eigenvalue weighted by Gasteiger charge is -2.15. The third kappa shape index (κ3) is 4.83. The van der Waals surface area contributed by atoms with Gasteiger partial charge in [-0.1, -0.05) is 17.7 Å². The molecule has 25 heavy (non-hydrogen) atoms. The minimum absolute atomic E-state index is 0.220. The standard InChI is InChI=1S/C14H11F3N2O5S/c1-9-2-5-11(6-3-9)25(22,23)18-12-8-10(19(20)21)4-7-13(12)24-14(15,16)17/h2-8,18H,1H3. The van der Waals surface area contributed by atoms with Crippen molar-refractivity contribution in [1.29, 1.82) is 0 Å². The lowest BCUT2D eigenvalue weighted by molar-refractivity contribution is -0.384. The second-order valence-electron chi connectivity index (χ2n) is 4.90. The van der Waals surface area contributed by atoms with E-state index in [-0.39, 0.29) is 4.90 Å². The number of hydrogen-bond acceptors (Lipinski definition) is 5. The van der Waals surface area contributed by atoms with E-state index in [9.17, 15) is 31.7 Å². The number of aryl methyl sites for hydroxylation is 1. The average molecular weight is 376 g/mol. The monoisotopic (exact) mass is 376 g/mol. The molecule has 0 fully saturated rings. The highest BCUT2D eigenvalue weighted by Crippen LogP contribution is 2.34. The van der Waals surface area contributed by atoms with Crippen LogP contribution in [0.1, 0.15) is 5.56 Å². The van der Waals surface area contributed by atoms with Crippen molar-refractivity contribution < 1.29 is 31.2 Å². The maximum absolute atomic E-state index is 12.4. The quantitative estimate of drug-likeness (QED) is 0.635. The summed E-state index contributed by atoms with van der Waals surface area (Å²) >= 11 is 0. The van der Waals surface area contributed by atoms with Crippen LogP contribution in [0.25, 0.3) is 0 Å². The van der Waals surface area contributed by atoms with Crippen LogP contribution in [-0.4, -0.2) is 19.7 Å². The summed E-state index contributed by atoms with van der Waals surface area (Å²) in [5.41, 5.74) is -0.529. The Morgan fingerprint density at radius 2 is 1.72 bits per heavy atom. The van der Waals surface area contributed by atoms with Crippen molar-refractivity contribution in [2.75, 3.05) is 4.72 Å². The Hall–Kier alpha value is -2.82. The van der Waals surface area contributed by atoms with E-state index < -0.39 is 38.4 Å². The smallest absolute Gasteiger partial charge is 0.404 e. The average Bonchev–Trinajstić information content (AvgIpc) is 2.47. The maximum atomic E-state index is 12.4. The zero-order valence-corrected chi connectivity index (χ0v) is 13.4. The fourth-order valence-corrected chi connectivity index (χ4v) is 2.91. The summed E-state index contributed by atoms with van der Waals surface area (Å²) in [6.07, 6.45) is -5.10. The molecule has 0 aliphatic heterocycles. The number of nitro groups is 1. The van der Waals surface area contributed by atoms with Gasteiger partial charge in [-0.25, -0.2) is 8.42 Å². The summed E-state index contributed by atoms with van der Waals surface area (Å²) in [5, 5.41) is 10.8. The van der Waals surface area contributed by atoms with E-state index in [1.54, 1.807) is 6.92 Å². The number of nitro benzene ring substituents is 1. The zero-order chi connectivity index (χ0) is 18.8. The normalized spacial score (nSPS) is 11.8. The number of benzene rings is 2. The van der Waals surface area contributed by atoms with E-state index in [1.165, 1.54) is 24.3 Å². The van der Waals surface area contributed by atoms with Crippen LogP contribution in [0, 0.1) is 17.0 Å². The molecule has 134 valence electrons. The molecule has 0 unspecified atom stereocenters. The fraction of sp³-hybridized carbons (Fsp3) is 0.143. The van der Waals surface area contributed by atoms with E-state index in [4.69, 9.17) is 0 Å². The first-order valence-electron chi connectivity index (χ1n) is 6.61. The number of sulfonamides is 1. The number of nitrogens with zero attached hydrogens (tertiary/aromatic N) is 1. The minimum Gasteiger partial charge on any atom is -0.404 e. The van der Waals surface area contributed by atoms with Gasteiger partial charge < -0.3 is 4.74 Å². The van der Waals surface area contributed by atoms with Gasteiger partial charge in [0.05, 0.1) is 15.5 Å². The van der Waals surface area contributed by atoms with Gasteiger partial charge in [-0.05, 0) is 25.1 Å². The molecule has 0 atom stereocenters. The third-order valence-electron chi connectivity index (χ3n) is 2.98. The second-order valence-corrected chi connectivity index (χ2v) is 6.59. The van der Waals surface area contributed by atoms with E-state index in [1.807, 2.05) is 4.72 Å². The highest BCUT2D eigenvalue weighted by molar-refractivity contribution is 7.92. The molecule has 2 aromatic carbocycles. The molecule has 0 aromatic heterocycles. The van der Waals surface area contributed by atoms with Gasteiger partial charge in [-0.15, -0.1) is 13.2 Å². The number of anilines is 1. The molecule has 0 saturated heterocycles. The van der Waals surface area contributed by atoms with Crippen molar-refractivity contribution >= 4 is 21.4 Å². The van der Waals surface area contributed by atoms with Gasteiger partial charge in [0.1, 0.15) is 0 Å². The summed E-state index contributed by atoms with van der Waals surface area (Å²) < 4.78 is 67.5. The Morgan fingerprint density at radius 3 is 2.24 bits per heavy atom. The molecule has 0 heterocycles. The number of rotatable bonds is 5. The molecule has 7 nitrogen and oxygen atoms in total. The third-order valence-corrected chi connectivity index (χ3v) is 4.36. The van der Waals surface area contributed by atoms with E-state index in [0.717, 1.165) is 11.6 Å². The first kappa shape index (κ1) is 18.5. The lowest BCUT2D eigenvalue weighted by Crippen LogP contribution is -2.20. The van der Waals surface area contributed by atoms with Crippen molar-refractivity contribution in [2.24, 2.45) is 0 Å². The number of alkyl halides is 3. The zero-order valence-electron chi connectivity index (χ0n) is 12.6. The van der Waals surface area contributed by atoms with Crippen molar-refractivity contribution in [2.45, 2.75) is 18.2 Å². The first-order chi connectivity index (χ1) is 11.5. The van der Waals surface area contributed by atoms with E-state index >= 15 is 0 Å². The van der Waals surface area contributed by atoms with E-state index in [0.29, 0.717) is 12.1 Å². The predicted octanol–water partition coefficient (Wildman–Crippen LogP) is 3.60. The molecule has 0 saturated carbocycles. The van der Waals surface area contributed by atoms with Crippen LogP contribution in [0.4, 0.5) is 24.5 Å². The number of non-ortho nitro benzene ring substituents is 1. The molecule has 0 radical (unpaired) electrons. The first-order valence-corrected chi connectivity index (χ1v) is 8.10. The van der Waals surface area contributed by atoms with Gasteiger partial charge >= 0.3 is 6.36 Å². The van der Waals surface area contributed by atoms with Crippen LogP contribution >= 0.6 is 0 Å². The van der Waals surface area contributed by atoms with Gasteiger partial charge in [0.2, 0.25) is 0 Å². The van der Waals surface area contributed by atoms with Crippen LogP contribution in [0.5, 0.6) is 5.75 Å². The Bertz CT molecular complexity index is 896. The number of ether oxygens (including phenoxy) is 1. The van der Waals surface area contributed by atoms with Crippen molar-refractivity contribution in [1.82, 2.24) is 0 Å². The van der Waals surface area contributed by atoms with Gasteiger partial charge in [0, 0.05) is 12.1 Å². The van der Waals surface area contributed by atoms with Gasteiger partial charge in [0.15, 0.2) is 5.75 Å². The van der Waals surface area contributed by atoms with Gasteiger partial charge in [0.25, 0.3) is 15.7 Å². The molecule has 11 heteroatoms. The number of halogens is 3. The predicted molar refractivity (Wildman–Crippen MR) is 81.8 cm³/mol. The largest absolute Gasteiger partial charge is 0.573 e. The Kier molecular flexibility index (Phi) is 4.88. The molecule has 2 rings (SSSR count). The maximum Gasteiger partial charge on any atom is 0.573 e. The molecule has 2 aromatic rings. The van der Waals surface area contributed by atoms with Gasteiger partial charge in [-0.2, -0.15) is 0 Å².